The monoisotopic (exact) mass is 491 g/mol. The van der Waals surface area contributed by atoms with E-state index in [-0.39, 0.29) is 10.5 Å². The van der Waals surface area contributed by atoms with Gasteiger partial charge < -0.3 is 4.90 Å². The zero-order valence-corrected chi connectivity index (χ0v) is 19.6. The van der Waals surface area contributed by atoms with Gasteiger partial charge in [-0.1, -0.05) is 41.4 Å². The van der Waals surface area contributed by atoms with Gasteiger partial charge in [0.2, 0.25) is 0 Å². The second-order valence-electron chi connectivity index (χ2n) is 7.37. The van der Waals surface area contributed by atoms with Gasteiger partial charge in [-0.3, -0.25) is 0 Å². The summed E-state index contributed by atoms with van der Waals surface area (Å²) in [6, 6.07) is 13.8. The molecule has 160 valence electrons. The minimum Gasteiger partial charge on any atom is -0.348 e. The molecule has 0 atom stereocenters. The largest absolute Gasteiger partial charge is 0.348 e. The van der Waals surface area contributed by atoms with Crippen molar-refractivity contribution in [2.24, 2.45) is 0 Å². The first-order chi connectivity index (χ1) is 14.9. The number of anilines is 1. The Morgan fingerprint density at radius 2 is 1.90 bits per heavy atom. The molecule has 5 nitrogen and oxygen atoms in total. The van der Waals surface area contributed by atoms with Crippen molar-refractivity contribution in [2.75, 3.05) is 18.0 Å². The summed E-state index contributed by atoms with van der Waals surface area (Å²) in [7, 11) is -3.55. The second kappa shape index (κ2) is 9.17. The third kappa shape index (κ3) is 4.73. The van der Waals surface area contributed by atoms with Crippen LogP contribution in [0.4, 0.5) is 5.13 Å². The van der Waals surface area contributed by atoms with Crippen LogP contribution in [-0.4, -0.2) is 31.7 Å². The van der Waals surface area contributed by atoms with E-state index >= 15 is 0 Å². The number of hydrogen-bond donors (Lipinski definition) is 0. The van der Waals surface area contributed by atoms with Crippen molar-refractivity contribution < 1.29 is 8.42 Å². The number of halogens is 2. The Bertz CT molecular complexity index is 1240. The lowest BCUT2D eigenvalue weighted by atomic mass is 10.1. The van der Waals surface area contributed by atoms with Crippen LogP contribution in [0.15, 0.2) is 52.7 Å². The zero-order valence-electron chi connectivity index (χ0n) is 16.5. The van der Waals surface area contributed by atoms with Crippen LogP contribution in [0.2, 0.25) is 10.0 Å². The lowest BCUT2D eigenvalue weighted by Gasteiger charge is -2.31. The lowest BCUT2D eigenvalue weighted by Crippen LogP contribution is -2.39. The number of rotatable bonds is 5. The van der Waals surface area contributed by atoms with Gasteiger partial charge in [0.15, 0.2) is 15.0 Å². The molecule has 0 unspecified atom stereocenters. The Kier molecular flexibility index (Phi) is 6.54. The summed E-state index contributed by atoms with van der Waals surface area (Å²) < 4.78 is 26.1. The molecule has 1 aromatic heterocycles. The van der Waals surface area contributed by atoms with Gasteiger partial charge in [-0.2, -0.15) is 5.26 Å². The third-order valence-electron chi connectivity index (χ3n) is 5.39. The van der Waals surface area contributed by atoms with E-state index in [0.717, 1.165) is 16.4 Å². The molecule has 3 aromatic rings. The minimum absolute atomic E-state index is 0.132. The van der Waals surface area contributed by atoms with E-state index in [1.54, 1.807) is 35.6 Å². The molecule has 4 rings (SSSR count). The number of nitriles is 1. The van der Waals surface area contributed by atoms with Crippen LogP contribution in [-0.2, 0) is 16.3 Å². The molecule has 1 aliphatic heterocycles. The molecule has 1 saturated heterocycles. The number of sulfone groups is 1. The molecular weight excluding hydrogens is 473 g/mol. The van der Waals surface area contributed by atoms with Gasteiger partial charge in [0.05, 0.1) is 21.4 Å². The molecule has 0 amide bonds. The maximum absolute atomic E-state index is 13.1. The highest BCUT2D eigenvalue weighted by Crippen LogP contribution is 2.31. The van der Waals surface area contributed by atoms with Crippen LogP contribution in [0.1, 0.15) is 29.7 Å². The summed E-state index contributed by atoms with van der Waals surface area (Å²) in [4.78, 5) is 6.98. The molecule has 0 spiro atoms. The standard InChI is InChI=1S/C22H19Cl2N3O2S2/c23-17-6-5-15(20(24)12-17)11-18-14-30-22(26-18)27-9-7-19(8-10-27)31(28,29)21-4-2-1-3-16(21)13-25/h1-6,12,14,19H,7-11H2. The number of piperidine rings is 1. The highest BCUT2D eigenvalue weighted by Gasteiger charge is 2.33. The molecule has 1 aliphatic rings. The Labute approximate surface area is 195 Å². The highest BCUT2D eigenvalue weighted by molar-refractivity contribution is 7.92. The maximum atomic E-state index is 13.1. The molecule has 1 fully saturated rings. The molecule has 2 aromatic carbocycles. The van der Waals surface area contributed by atoms with Crippen molar-refractivity contribution >= 4 is 49.5 Å². The van der Waals surface area contributed by atoms with Crippen LogP contribution in [0, 0.1) is 11.3 Å². The van der Waals surface area contributed by atoms with Crippen molar-refractivity contribution in [1.29, 1.82) is 5.26 Å². The Hall–Kier alpha value is -2.11. The molecular formula is C22H19Cl2N3O2S2. The molecule has 0 bridgehead atoms. The molecule has 2 heterocycles. The van der Waals surface area contributed by atoms with Crippen LogP contribution >= 0.6 is 34.5 Å². The Morgan fingerprint density at radius 1 is 1.16 bits per heavy atom. The summed E-state index contributed by atoms with van der Waals surface area (Å²) in [5.41, 5.74) is 2.08. The van der Waals surface area contributed by atoms with Gasteiger partial charge in [0.1, 0.15) is 6.07 Å². The number of benzene rings is 2. The predicted octanol–water partition coefficient (Wildman–Crippen LogP) is 5.36. The highest BCUT2D eigenvalue weighted by atomic mass is 35.5. The van der Waals surface area contributed by atoms with Crippen LogP contribution in [0.5, 0.6) is 0 Å². The van der Waals surface area contributed by atoms with E-state index in [1.165, 1.54) is 6.07 Å². The summed E-state index contributed by atoms with van der Waals surface area (Å²) in [6.07, 6.45) is 1.61. The first kappa shape index (κ1) is 22.1. The molecule has 0 saturated carbocycles. The van der Waals surface area contributed by atoms with Gasteiger partial charge in [0.25, 0.3) is 0 Å². The van der Waals surface area contributed by atoms with E-state index in [1.807, 2.05) is 23.6 Å². The SMILES string of the molecule is N#Cc1ccccc1S(=O)(=O)C1CCN(c2nc(Cc3ccc(Cl)cc3Cl)cs2)CC1. The number of hydrogen-bond acceptors (Lipinski definition) is 6. The maximum Gasteiger partial charge on any atom is 0.185 e. The zero-order chi connectivity index (χ0) is 22.0. The lowest BCUT2D eigenvalue weighted by molar-refractivity contribution is 0.529. The predicted molar refractivity (Wildman–Crippen MR) is 125 cm³/mol. The van der Waals surface area contributed by atoms with E-state index < -0.39 is 15.1 Å². The Balaban J connectivity index is 1.43. The van der Waals surface area contributed by atoms with Gasteiger partial charge in [-0.05, 0) is 42.7 Å². The van der Waals surface area contributed by atoms with Gasteiger partial charge in [-0.15, -0.1) is 11.3 Å². The summed E-state index contributed by atoms with van der Waals surface area (Å²) in [6.45, 7) is 1.21. The number of aromatic nitrogens is 1. The minimum atomic E-state index is -3.55. The molecule has 9 heteroatoms. The van der Waals surface area contributed by atoms with Crippen molar-refractivity contribution in [3.8, 4) is 6.07 Å². The van der Waals surface area contributed by atoms with Gasteiger partial charge in [0, 0.05) is 34.9 Å². The van der Waals surface area contributed by atoms with Crippen LogP contribution < -0.4 is 4.90 Å². The van der Waals surface area contributed by atoms with Crippen molar-refractivity contribution in [2.45, 2.75) is 29.4 Å². The van der Waals surface area contributed by atoms with Crippen LogP contribution in [0.25, 0.3) is 0 Å². The van der Waals surface area contributed by atoms with Crippen molar-refractivity contribution in [3.05, 3.63) is 74.7 Å². The summed E-state index contributed by atoms with van der Waals surface area (Å²) in [5, 5.41) is 12.9. The first-order valence-corrected chi connectivity index (χ1v) is 12.9. The third-order valence-corrected chi connectivity index (χ3v) is 9.25. The Morgan fingerprint density at radius 3 is 2.61 bits per heavy atom. The van der Waals surface area contributed by atoms with E-state index in [2.05, 4.69) is 4.90 Å². The van der Waals surface area contributed by atoms with E-state index in [0.29, 0.717) is 42.4 Å². The average Bonchev–Trinajstić information content (AvgIpc) is 3.24. The molecule has 31 heavy (non-hydrogen) atoms. The van der Waals surface area contributed by atoms with Crippen molar-refractivity contribution in [3.63, 3.8) is 0 Å². The van der Waals surface area contributed by atoms with E-state index in [9.17, 15) is 13.7 Å². The smallest absolute Gasteiger partial charge is 0.185 e. The fraction of sp³-hybridized carbons (Fsp3) is 0.273. The average molecular weight is 492 g/mol. The number of thiazole rings is 1. The summed E-state index contributed by atoms with van der Waals surface area (Å²) >= 11 is 13.8. The molecule has 0 N–H and O–H groups in total. The number of nitrogens with zero attached hydrogens (tertiary/aromatic N) is 3. The quantitative estimate of drug-likeness (QED) is 0.480. The second-order valence-corrected chi connectivity index (χ2v) is 11.3. The van der Waals surface area contributed by atoms with E-state index in [4.69, 9.17) is 28.2 Å². The van der Waals surface area contributed by atoms with Gasteiger partial charge >= 0.3 is 0 Å². The first-order valence-electron chi connectivity index (χ1n) is 9.75. The molecule has 0 aliphatic carbocycles. The normalized spacial score (nSPS) is 15.1. The summed E-state index contributed by atoms with van der Waals surface area (Å²) in [5.74, 6) is 0. The molecule has 0 radical (unpaired) electrons. The van der Waals surface area contributed by atoms with Gasteiger partial charge in [-0.25, -0.2) is 13.4 Å². The topological polar surface area (TPSA) is 74.1 Å². The van der Waals surface area contributed by atoms with Crippen molar-refractivity contribution in [1.82, 2.24) is 4.98 Å². The fourth-order valence-electron chi connectivity index (χ4n) is 3.73. The van der Waals surface area contributed by atoms with Crippen LogP contribution in [0.3, 0.4) is 0 Å². The fourth-order valence-corrected chi connectivity index (χ4v) is 6.96.